The molecule has 0 aromatic heterocycles. The van der Waals surface area contributed by atoms with Gasteiger partial charge in [-0.25, -0.2) is 15.8 Å². The summed E-state index contributed by atoms with van der Waals surface area (Å²) in [4.78, 5) is 21.5. The van der Waals surface area contributed by atoms with E-state index >= 15 is 0 Å². The summed E-state index contributed by atoms with van der Waals surface area (Å²) < 4.78 is 24.8. The van der Waals surface area contributed by atoms with Gasteiger partial charge in [-0.3, -0.25) is 4.99 Å². The molecule has 0 amide bonds. The molecule has 0 fully saturated rings. The molecule has 0 radical (unpaired) electrons. The van der Waals surface area contributed by atoms with Gasteiger partial charge in [-0.2, -0.15) is 0 Å². The summed E-state index contributed by atoms with van der Waals surface area (Å²) in [5.41, 5.74) is 2.01. The molecule has 5 nitrogen and oxygen atoms in total. The maximum Gasteiger partial charge on any atom is 0.336 e. The summed E-state index contributed by atoms with van der Waals surface area (Å²) in [6.45, 7) is 17.7. The van der Waals surface area contributed by atoms with E-state index in [1.54, 1.807) is 13.0 Å². The van der Waals surface area contributed by atoms with E-state index in [0.717, 1.165) is 6.42 Å². The largest absolute Gasteiger partial charge is 0.496 e. The normalized spacial score (nSPS) is 19.4. The first-order chi connectivity index (χ1) is 13.6. The first kappa shape index (κ1) is 22.6. The van der Waals surface area contributed by atoms with Crippen molar-refractivity contribution in [3.63, 3.8) is 0 Å². The van der Waals surface area contributed by atoms with Gasteiger partial charge in [0.1, 0.15) is 17.5 Å². The number of hydrogen-bond donors (Lipinski definition) is 0. The van der Waals surface area contributed by atoms with E-state index in [1.165, 1.54) is 19.2 Å². The number of halogens is 1. The fourth-order valence-corrected chi connectivity index (χ4v) is 3.39. The molecule has 0 saturated heterocycles. The van der Waals surface area contributed by atoms with Gasteiger partial charge in [0.2, 0.25) is 0 Å². The van der Waals surface area contributed by atoms with Crippen molar-refractivity contribution in [1.29, 1.82) is 0 Å². The minimum atomic E-state index is -0.688. The lowest BCUT2D eigenvalue weighted by atomic mass is 9.79. The maximum atomic E-state index is 13.8. The highest BCUT2D eigenvalue weighted by atomic mass is 19.1. The Morgan fingerprint density at radius 1 is 1.34 bits per heavy atom. The topological polar surface area (TPSA) is 52.2 Å². The van der Waals surface area contributed by atoms with Crippen LogP contribution in [0.5, 0.6) is 5.75 Å². The predicted octanol–water partition coefficient (Wildman–Crippen LogP) is 5.32. The van der Waals surface area contributed by atoms with Gasteiger partial charge in [0.25, 0.3) is 6.04 Å². The molecule has 2 atom stereocenters. The van der Waals surface area contributed by atoms with E-state index in [-0.39, 0.29) is 12.0 Å². The molecule has 0 aliphatic carbocycles. The van der Waals surface area contributed by atoms with Crippen LogP contribution in [0.25, 0.3) is 4.85 Å². The monoisotopic (exact) mass is 400 g/mol. The van der Waals surface area contributed by atoms with Crippen molar-refractivity contribution in [1.82, 2.24) is 0 Å². The zero-order valence-corrected chi connectivity index (χ0v) is 18.0. The van der Waals surface area contributed by atoms with Crippen LogP contribution in [-0.2, 0) is 9.53 Å². The Kier molecular flexibility index (Phi) is 7.18. The molecule has 29 heavy (non-hydrogen) atoms. The molecule has 0 saturated carbocycles. The molecule has 2 rings (SSSR count). The molecular weight excluding hydrogens is 371 g/mol. The highest BCUT2D eigenvalue weighted by molar-refractivity contribution is 6.00. The number of allylic oxidation sites excluding steroid dienone is 1. The van der Waals surface area contributed by atoms with Gasteiger partial charge in [-0.15, -0.1) is 0 Å². The highest BCUT2D eigenvalue weighted by Crippen LogP contribution is 2.42. The fourth-order valence-electron chi connectivity index (χ4n) is 3.39. The SMILES string of the molecule is [C-]#[N+]C1C(C)=NC(CCC)=C(C(=O)OCC(C)(C)C)C1c1ccc(F)cc1OC. The van der Waals surface area contributed by atoms with Gasteiger partial charge in [0, 0.05) is 11.6 Å². The summed E-state index contributed by atoms with van der Waals surface area (Å²) in [7, 11) is 1.45. The van der Waals surface area contributed by atoms with Crippen molar-refractivity contribution >= 4 is 11.7 Å². The third-order valence-corrected chi connectivity index (χ3v) is 4.69. The first-order valence-electron chi connectivity index (χ1n) is 9.78. The van der Waals surface area contributed by atoms with Gasteiger partial charge in [0.05, 0.1) is 30.7 Å². The highest BCUT2D eigenvalue weighted by Gasteiger charge is 2.44. The third-order valence-electron chi connectivity index (χ3n) is 4.69. The number of aliphatic imine (C=N–C) groups is 1. The second kappa shape index (κ2) is 9.21. The number of rotatable bonds is 6. The Bertz CT molecular complexity index is 875. The molecule has 0 spiro atoms. The minimum Gasteiger partial charge on any atom is -0.496 e. The van der Waals surface area contributed by atoms with Gasteiger partial charge >= 0.3 is 5.97 Å². The van der Waals surface area contributed by atoms with E-state index in [1.807, 2.05) is 27.7 Å². The zero-order valence-electron chi connectivity index (χ0n) is 18.0. The van der Waals surface area contributed by atoms with Crippen molar-refractivity contribution in [3.8, 4) is 5.75 Å². The summed E-state index contributed by atoms with van der Waals surface area (Å²) in [5, 5.41) is 0. The number of ether oxygens (including phenoxy) is 2. The van der Waals surface area contributed by atoms with Gasteiger partial charge < -0.3 is 14.3 Å². The van der Waals surface area contributed by atoms with Crippen molar-refractivity contribution < 1.29 is 18.7 Å². The summed E-state index contributed by atoms with van der Waals surface area (Å²) in [6, 6.07) is 3.48. The lowest BCUT2D eigenvalue weighted by Gasteiger charge is -2.29. The number of esters is 1. The van der Waals surface area contributed by atoms with Crippen molar-refractivity contribution in [2.24, 2.45) is 10.4 Å². The molecule has 1 aliphatic heterocycles. The van der Waals surface area contributed by atoms with Crippen molar-refractivity contribution in [2.45, 2.75) is 59.4 Å². The Morgan fingerprint density at radius 2 is 2.03 bits per heavy atom. The Morgan fingerprint density at radius 3 is 2.59 bits per heavy atom. The number of nitrogens with zero attached hydrogens (tertiary/aromatic N) is 2. The number of carbonyl (C=O) groups excluding carboxylic acids is 1. The lowest BCUT2D eigenvalue weighted by molar-refractivity contribution is -0.142. The van der Waals surface area contributed by atoms with Crippen LogP contribution < -0.4 is 4.74 Å². The molecule has 0 bridgehead atoms. The summed E-state index contributed by atoms with van der Waals surface area (Å²) >= 11 is 0. The number of benzene rings is 1. The van der Waals surface area contributed by atoms with Gasteiger partial charge in [0.15, 0.2) is 0 Å². The average molecular weight is 400 g/mol. The van der Waals surface area contributed by atoms with Crippen molar-refractivity contribution in [3.05, 3.63) is 52.3 Å². The molecular formula is C23H29FN2O3. The molecule has 1 aromatic carbocycles. The Balaban J connectivity index is 2.66. The van der Waals surface area contributed by atoms with Crippen LogP contribution in [0.1, 0.15) is 58.9 Å². The van der Waals surface area contributed by atoms with Crippen molar-refractivity contribution in [2.75, 3.05) is 13.7 Å². The molecule has 0 N–H and O–H groups in total. The van der Waals surface area contributed by atoms with Crippen LogP contribution in [-0.4, -0.2) is 31.4 Å². The average Bonchev–Trinajstić information content (AvgIpc) is 2.65. The molecule has 2 unspecified atom stereocenters. The van der Waals surface area contributed by atoms with Crippen LogP contribution >= 0.6 is 0 Å². The van der Waals surface area contributed by atoms with Gasteiger partial charge in [-0.1, -0.05) is 40.2 Å². The number of methoxy groups -OCH3 is 1. The van der Waals surface area contributed by atoms with Crippen LogP contribution in [0.4, 0.5) is 4.39 Å². The van der Waals surface area contributed by atoms with Crippen LogP contribution in [0.2, 0.25) is 0 Å². The molecule has 1 aliphatic rings. The second-order valence-corrected chi connectivity index (χ2v) is 8.44. The van der Waals surface area contributed by atoms with Crippen LogP contribution in [0, 0.1) is 17.8 Å². The van der Waals surface area contributed by atoms with Crippen LogP contribution in [0.15, 0.2) is 34.5 Å². The lowest BCUT2D eigenvalue weighted by Crippen LogP contribution is -2.34. The standard InChI is InChI=1S/C23H29FN2O3/c1-8-9-17-20(22(27)29-13-23(3,4)5)19(21(25-6)14(2)26-17)16-11-10-15(24)12-18(16)28-7/h10-12,19,21H,8-9,13H2,1-5,7H3. The minimum absolute atomic E-state index is 0.197. The van der Waals surface area contributed by atoms with E-state index in [4.69, 9.17) is 16.0 Å². The summed E-state index contributed by atoms with van der Waals surface area (Å²) in [5.74, 6) is -1.25. The zero-order chi connectivity index (χ0) is 21.8. The summed E-state index contributed by atoms with van der Waals surface area (Å²) in [6.07, 6.45) is 1.38. The van der Waals surface area contributed by atoms with E-state index < -0.39 is 23.7 Å². The Hall–Kier alpha value is -2.68. The predicted molar refractivity (Wildman–Crippen MR) is 112 cm³/mol. The van der Waals surface area contributed by atoms with E-state index in [2.05, 4.69) is 9.84 Å². The molecule has 1 aromatic rings. The number of carbonyl (C=O) groups is 1. The number of hydrogen-bond acceptors (Lipinski definition) is 4. The second-order valence-electron chi connectivity index (χ2n) is 8.44. The van der Waals surface area contributed by atoms with E-state index in [9.17, 15) is 9.18 Å². The van der Waals surface area contributed by atoms with Gasteiger partial charge in [-0.05, 0) is 24.8 Å². The quantitative estimate of drug-likeness (QED) is 0.479. The maximum absolute atomic E-state index is 13.8. The third kappa shape index (κ3) is 5.23. The first-order valence-corrected chi connectivity index (χ1v) is 9.78. The smallest absolute Gasteiger partial charge is 0.336 e. The molecule has 6 heteroatoms. The van der Waals surface area contributed by atoms with E-state index in [0.29, 0.717) is 34.7 Å². The Labute approximate surface area is 172 Å². The fraction of sp³-hybridized carbons (Fsp3) is 0.522. The molecule has 156 valence electrons. The molecule has 1 heterocycles. The van der Waals surface area contributed by atoms with Crippen LogP contribution in [0.3, 0.4) is 0 Å².